The lowest BCUT2D eigenvalue weighted by molar-refractivity contribution is -0.159. The van der Waals surface area contributed by atoms with Crippen molar-refractivity contribution in [2.24, 2.45) is 10.4 Å². The maximum absolute atomic E-state index is 14.2. The molecule has 10 heteroatoms. The number of nitrogens with one attached hydrogen (secondary N) is 2. The predicted molar refractivity (Wildman–Crippen MR) is 164 cm³/mol. The van der Waals surface area contributed by atoms with Gasteiger partial charge in [0.05, 0.1) is 11.5 Å². The van der Waals surface area contributed by atoms with Gasteiger partial charge in [-0.25, -0.2) is 8.78 Å². The van der Waals surface area contributed by atoms with Gasteiger partial charge in [0.15, 0.2) is 0 Å². The molecule has 3 aliphatic carbocycles. The summed E-state index contributed by atoms with van der Waals surface area (Å²) >= 11 is 0. The largest absolute Gasteiger partial charge is 0.381 e. The summed E-state index contributed by atoms with van der Waals surface area (Å²) in [7, 11) is 0. The van der Waals surface area contributed by atoms with E-state index in [4.69, 9.17) is 9.73 Å². The highest BCUT2D eigenvalue weighted by Crippen LogP contribution is 2.47. The predicted octanol–water partition coefficient (Wildman–Crippen LogP) is 5.02. The Morgan fingerprint density at radius 1 is 1.04 bits per heavy atom. The van der Waals surface area contributed by atoms with E-state index >= 15 is 0 Å². The van der Waals surface area contributed by atoms with Gasteiger partial charge in [-0.1, -0.05) is 29.9 Å². The molecule has 3 amide bonds. The van der Waals surface area contributed by atoms with Gasteiger partial charge >= 0.3 is 0 Å². The number of halogens is 2. The molecular formula is C35H36F2N4O4. The summed E-state index contributed by atoms with van der Waals surface area (Å²) in [6.07, 6.45) is 17.3. The fourth-order valence-electron chi connectivity index (χ4n) is 7.67. The first kappa shape index (κ1) is 29.5. The summed E-state index contributed by atoms with van der Waals surface area (Å²) in [5, 5.41) is 5.96. The molecule has 8 nitrogen and oxygen atoms in total. The molecule has 0 saturated carbocycles. The van der Waals surface area contributed by atoms with E-state index in [1.165, 1.54) is 17.0 Å². The van der Waals surface area contributed by atoms with E-state index in [-0.39, 0.29) is 18.4 Å². The first-order chi connectivity index (χ1) is 21.7. The Hall–Kier alpha value is -4.18. The Morgan fingerprint density at radius 2 is 1.84 bits per heavy atom. The lowest BCUT2D eigenvalue weighted by Gasteiger charge is -2.47. The number of aliphatic imine (C=N–C) groups is 1. The van der Waals surface area contributed by atoms with Crippen molar-refractivity contribution in [1.29, 1.82) is 0 Å². The lowest BCUT2D eigenvalue weighted by Crippen LogP contribution is -2.54. The van der Waals surface area contributed by atoms with Crippen LogP contribution in [-0.2, 0) is 19.1 Å². The Balaban J connectivity index is 1.10. The van der Waals surface area contributed by atoms with Crippen LogP contribution >= 0.6 is 0 Å². The monoisotopic (exact) mass is 614 g/mol. The van der Waals surface area contributed by atoms with Crippen molar-refractivity contribution in [1.82, 2.24) is 15.5 Å². The fourth-order valence-corrected chi connectivity index (χ4v) is 7.67. The standard InChI is InChI=1S/C35H36F2N4O4/c36-26-15-24(16-27(37)18-26)29-9-10-34(11-13-45-14-12-34)33(44)41(29)21-30(42)38-28-8-4-7-23-19-35(20-25(23)17-28)32(43)39-31(40-35)22-5-2-1-3-6-22/h1-2,4,6,8,15-18,29H,3,5,7,9-14,19-21H2,(H,38,42)(H,39,40,43). The van der Waals surface area contributed by atoms with Crippen molar-refractivity contribution in [3.05, 3.63) is 94.3 Å². The van der Waals surface area contributed by atoms with Gasteiger partial charge in [0, 0.05) is 37.8 Å². The van der Waals surface area contributed by atoms with E-state index in [2.05, 4.69) is 28.9 Å². The summed E-state index contributed by atoms with van der Waals surface area (Å²) in [6, 6.07) is 2.65. The number of rotatable bonds is 5. The highest BCUT2D eigenvalue weighted by molar-refractivity contribution is 6.15. The number of likely N-dealkylation sites (tertiary alicyclic amines) is 1. The third-order valence-corrected chi connectivity index (χ3v) is 10.0. The van der Waals surface area contributed by atoms with Crippen LogP contribution in [0, 0.1) is 17.0 Å². The zero-order valence-electron chi connectivity index (χ0n) is 25.0. The minimum Gasteiger partial charge on any atom is -0.381 e. The van der Waals surface area contributed by atoms with Gasteiger partial charge in [-0.15, -0.1) is 0 Å². The molecule has 3 aliphatic heterocycles. The molecule has 1 aromatic carbocycles. The molecule has 0 aromatic heterocycles. The zero-order chi connectivity index (χ0) is 31.2. The first-order valence-electron chi connectivity index (χ1n) is 15.7. The molecule has 1 aromatic rings. The summed E-state index contributed by atoms with van der Waals surface area (Å²) in [5.41, 5.74) is 2.47. The van der Waals surface area contributed by atoms with Gasteiger partial charge in [0.1, 0.15) is 29.6 Å². The SMILES string of the molecule is O=C(CN1C(=O)C2(CCOCC2)CCC1c1cc(F)cc(F)c1)NC1=CC2=C(CC=C1)CC1(C2)N=C(C2=CCC=CC2)NC1=O. The van der Waals surface area contributed by atoms with Crippen LogP contribution in [0.5, 0.6) is 0 Å². The molecule has 0 radical (unpaired) electrons. The number of nitrogens with zero attached hydrogens (tertiary/aromatic N) is 2. The van der Waals surface area contributed by atoms with E-state index in [1.54, 1.807) is 0 Å². The number of hydrogen-bond donors (Lipinski definition) is 2. The van der Waals surface area contributed by atoms with Gasteiger partial charge in [-0.05, 0) is 85.9 Å². The molecule has 2 saturated heterocycles. The van der Waals surface area contributed by atoms with Crippen molar-refractivity contribution in [2.45, 2.75) is 69.4 Å². The molecule has 234 valence electrons. The van der Waals surface area contributed by atoms with E-state index in [9.17, 15) is 23.2 Å². The molecule has 7 rings (SSSR count). The zero-order valence-corrected chi connectivity index (χ0v) is 25.0. The van der Waals surface area contributed by atoms with Gasteiger partial charge in [-0.3, -0.25) is 19.4 Å². The smallest absolute Gasteiger partial charge is 0.254 e. The number of allylic oxidation sites excluding steroid dienone is 6. The first-order valence-corrected chi connectivity index (χ1v) is 15.7. The Morgan fingerprint density at radius 3 is 2.60 bits per heavy atom. The molecule has 45 heavy (non-hydrogen) atoms. The van der Waals surface area contributed by atoms with Gasteiger partial charge < -0.3 is 20.3 Å². The molecule has 3 heterocycles. The number of hydrogen-bond acceptors (Lipinski definition) is 5. The van der Waals surface area contributed by atoms with Crippen molar-refractivity contribution in [3.63, 3.8) is 0 Å². The lowest BCUT2D eigenvalue weighted by atomic mass is 9.70. The number of amidine groups is 1. The summed E-state index contributed by atoms with van der Waals surface area (Å²) < 4.78 is 34.0. The highest BCUT2D eigenvalue weighted by atomic mass is 19.1. The average Bonchev–Trinajstić information content (AvgIpc) is 3.46. The molecule has 2 unspecified atom stereocenters. The van der Waals surface area contributed by atoms with Crippen LogP contribution in [0.3, 0.4) is 0 Å². The highest BCUT2D eigenvalue weighted by Gasteiger charge is 2.50. The Kier molecular flexibility index (Phi) is 7.63. The summed E-state index contributed by atoms with van der Waals surface area (Å²) in [6.45, 7) is 0.657. The van der Waals surface area contributed by atoms with E-state index in [0.29, 0.717) is 75.3 Å². The number of amides is 3. The van der Waals surface area contributed by atoms with Crippen molar-refractivity contribution >= 4 is 23.6 Å². The quantitative estimate of drug-likeness (QED) is 0.455. The Labute approximate surface area is 260 Å². The fraction of sp³-hybridized carbons (Fsp3) is 0.429. The molecule has 0 bridgehead atoms. The van der Waals surface area contributed by atoms with Crippen LogP contribution in [0.4, 0.5) is 8.78 Å². The number of ether oxygens (including phenoxy) is 1. The second kappa shape index (κ2) is 11.6. The van der Waals surface area contributed by atoms with Crippen molar-refractivity contribution in [3.8, 4) is 0 Å². The topological polar surface area (TPSA) is 100 Å². The number of carbonyl (C=O) groups excluding carboxylic acids is 3. The maximum atomic E-state index is 14.2. The second-order valence-corrected chi connectivity index (χ2v) is 12.9. The van der Waals surface area contributed by atoms with Crippen molar-refractivity contribution < 1.29 is 27.9 Å². The summed E-state index contributed by atoms with van der Waals surface area (Å²) in [5.74, 6) is -1.48. The van der Waals surface area contributed by atoms with Crippen LogP contribution in [0.25, 0.3) is 0 Å². The van der Waals surface area contributed by atoms with Crippen LogP contribution in [0.15, 0.2) is 82.1 Å². The normalized spacial score (nSPS) is 27.3. The molecule has 2 fully saturated rings. The molecule has 2 atom stereocenters. The molecule has 2 N–H and O–H groups in total. The van der Waals surface area contributed by atoms with Crippen LogP contribution in [0.1, 0.15) is 69.4 Å². The van der Waals surface area contributed by atoms with Crippen LogP contribution in [-0.4, -0.2) is 53.8 Å². The minimum absolute atomic E-state index is 0.102. The van der Waals surface area contributed by atoms with Gasteiger partial charge in [0.2, 0.25) is 11.8 Å². The molecule has 2 spiro atoms. The van der Waals surface area contributed by atoms with Gasteiger partial charge in [0.25, 0.3) is 5.91 Å². The van der Waals surface area contributed by atoms with E-state index in [0.717, 1.165) is 35.6 Å². The number of piperidine rings is 1. The van der Waals surface area contributed by atoms with E-state index in [1.807, 2.05) is 18.2 Å². The summed E-state index contributed by atoms with van der Waals surface area (Å²) in [4.78, 5) is 47.2. The van der Waals surface area contributed by atoms with Crippen molar-refractivity contribution in [2.75, 3.05) is 19.8 Å². The minimum atomic E-state index is -0.884. The maximum Gasteiger partial charge on any atom is 0.254 e. The Bertz CT molecular complexity index is 1630. The average molecular weight is 615 g/mol. The number of benzene rings is 1. The third kappa shape index (κ3) is 5.60. The van der Waals surface area contributed by atoms with E-state index < -0.39 is 34.5 Å². The second-order valence-electron chi connectivity index (χ2n) is 12.9. The molecule has 6 aliphatic rings. The third-order valence-electron chi connectivity index (χ3n) is 10.0. The van der Waals surface area contributed by atoms with Crippen LogP contribution in [0.2, 0.25) is 0 Å². The molecular weight excluding hydrogens is 578 g/mol. The number of carbonyl (C=O) groups is 3. The van der Waals surface area contributed by atoms with Crippen LogP contribution < -0.4 is 10.6 Å². The van der Waals surface area contributed by atoms with Gasteiger partial charge in [-0.2, -0.15) is 0 Å².